The Morgan fingerprint density at radius 3 is 1.94 bits per heavy atom. The Labute approximate surface area is 186 Å². The number of aryl methyl sites for hydroxylation is 1. The van der Waals surface area contributed by atoms with Gasteiger partial charge in [-0.1, -0.05) is 23.7 Å². The van der Waals surface area contributed by atoms with Crippen LogP contribution >= 0.6 is 27.5 Å². The number of carbonyl (C=O) groups excluding carboxylic acids is 1. The van der Waals surface area contributed by atoms with E-state index >= 15 is 0 Å². The van der Waals surface area contributed by atoms with Crippen molar-refractivity contribution >= 4 is 39.1 Å². The third-order valence-corrected chi connectivity index (χ3v) is 5.38. The van der Waals surface area contributed by atoms with Crippen molar-refractivity contribution in [2.24, 2.45) is 0 Å². The molecule has 2 aromatic carbocycles. The predicted octanol–water partition coefficient (Wildman–Crippen LogP) is 7.97. The van der Waals surface area contributed by atoms with E-state index in [1.54, 1.807) is 5.32 Å². The van der Waals surface area contributed by atoms with Crippen molar-refractivity contribution in [3.8, 4) is 0 Å². The van der Waals surface area contributed by atoms with E-state index < -0.39 is 57.5 Å². The van der Waals surface area contributed by atoms with Crippen molar-refractivity contribution < 1.29 is 48.7 Å². The lowest BCUT2D eigenvalue weighted by molar-refractivity contribution is -0.348. The number of benzene rings is 2. The van der Waals surface area contributed by atoms with Gasteiger partial charge in [-0.2, -0.15) is 39.5 Å². The number of hydrogen-bond acceptors (Lipinski definition) is 1. The van der Waals surface area contributed by atoms with Gasteiger partial charge in [0.25, 0.3) is 5.91 Å². The number of rotatable bonds is 3. The normalized spacial score (nSPS) is 13.3. The molecule has 2 aromatic rings. The zero-order valence-electron chi connectivity index (χ0n) is 15.3. The highest BCUT2D eigenvalue weighted by molar-refractivity contribution is 9.10. The number of anilines is 1. The van der Waals surface area contributed by atoms with Crippen LogP contribution in [0.15, 0.2) is 34.8 Å². The molecule has 0 fully saturated rings. The monoisotopic (exact) mass is 559 g/mol. The molecule has 0 aliphatic rings. The molecule has 176 valence electrons. The Morgan fingerprint density at radius 1 is 0.938 bits per heavy atom. The molecule has 0 spiro atoms. The Morgan fingerprint density at radius 2 is 1.47 bits per heavy atom. The summed E-state index contributed by atoms with van der Waals surface area (Å²) in [6, 6.07) is 3.14. The van der Waals surface area contributed by atoms with Crippen LogP contribution in [0.25, 0.3) is 0 Å². The average Bonchev–Trinajstić information content (AvgIpc) is 2.61. The Hall–Kier alpha value is -2.02. The predicted molar refractivity (Wildman–Crippen MR) is 98.2 cm³/mol. The molecule has 0 unspecified atom stereocenters. The minimum atomic E-state index is -6.63. The van der Waals surface area contributed by atoms with Gasteiger partial charge in [0.1, 0.15) is 0 Å². The first-order chi connectivity index (χ1) is 14.3. The second-order valence-corrected chi connectivity index (χ2v) is 7.66. The third-order valence-electron chi connectivity index (χ3n) is 4.25. The molecule has 2 nitrogen and oxygen atoms in total. The molecule has 0 radical (unpaired) electrons. The van der Waals surface area contributed by atoms with Crippen molar-refractivity contribution in [3.63, 3.8) is 0 Å². The Kier molecular flexibility index (Phi) is 6.88. The van der Waals surface area contributed by atoms with Gasteiger partial charge in [0.15, 0.2) is 0 Å². The summed E-state index contributed by atoms with van der Waals surface area (Å²) >= 11 is 8.32. The molecule has 0 aliphatic heterocycles. The van der Waals surface area contributed by atoms with Crippen LogP contribution in [0.2, 0.25) is 5.02 Å². The van der Waals surface area contributed by atoms with Crippen LogP contribution in [-0.4, -0.2) is 18.3 Å². The van der Waals surface area contributed by atoms with E-state index in [1.165, 1.54) is 19.1 Å². The highest BCUT2D eigenvalue weighted by Crippen LogP contribution is 2.55. The van der Waals surface area contributed by atoms with Crippen LogP contribution < -0.4 is 5.32 Å². The van der Waals surface area contributed by atoms with E-state index in [2.05, 4.69) is 15.9 Å². The first-order valence-electron chi connectivity index (χ1n) is 8.12. The van der Waals surface area contributed by atoms with Crippen molar-refractivity contribution in [1.29, 1.82) is 0 Å². The summed E-state index contributed by atoms with van der Waals surface area (Å²) < 4.78 is 132. The van der Waals surface area contributed by atoms with E-state index in [-0.39, 0.29) is 16.7 Å². The number of halogens is 12. The summed E-state index contributed by atoms with van der Waals surface area (Å²) in [6.07, 6.45) is -18.8. The molecular formula is C18H9BrClF10NO. The van der Waals surface area contributed by atoms with Crippen molar-refractivity contribution in [1.82, 2.24) is 0 Å². The maximum atomic E-state index is 14.3. The van der Waals surface area contributed by atoms with Gasteiger partial charge in [0, 0.05) is 10.0 Å². The summed E-state index contributed by atoms with van der Waals surface area (Å²) in [7, 11) is 0. The van der Waals surface area contributed by atoms with E-state index in [9.17, 15) is 48.7 Å². The van der Waals surface area contributed by atoms with E-state index in [0.29, 0.717) is 5.56 Å². The standard InChI is InChI=1S/C18H9BrClF10NO/c1-7-3-2-4-9(12(7)20)14(32)31-13-10(16(22,23)24)5-8(6-11(13)19)15(21,17(25,26)27)18(28,29)30/h2-6H,1H3,(H,31,32). The van der Waals surface area contributed by atoms with Crippen LogP contribution in [0, 0.1) is 6.92 Å². The van der Waals surface area contributed by atoms with Crippen LogP contribution in [0.5, 0.6) is 0 Å². The topological polar surface area (TPSA) is 29.1 Å². The fourth-order valence-electron chi connectivity index (χ4n) is 2.65. The van der Waals surface area contributed by atoms with E-state index in [4.69, 9.17) is 11.6 Å². The number of hydrogen-bond donors (Lipinski definition) is 1. The van der Waals surface area contributed by atoms with Gasteiger partial charge in [-0.3, -0.25) is 4.79 Å². The molecular weight excluding hydrogens is 552 g/mol. The molecule has 2 rings (SSSR count). The van der Waals surface area contributed by atoms with Gasteiger partial charge in [-0.25, -0.2) is 4.39 Å². The SMILES string of the molecule is Cc1cccc(C(=O)Nc2c(Br)cc(C(F)(C(F)(F)F)C(F)(F)F)cc2C(F)(F)F)c1Cl. The third kappa shape index (κ3) is 4.68. The molecule has 0 saturated carbocycles. The quantitative estimate of drug-likeness (QED) is 0.379. The van der Waals surface area contributed by atoms with Crippen LogP contribution in [0.1, 0.15) is 27.0 Å². The van der Waals surface area contributed by atoms with Gasteiger partial charge < -0.3 is 5.32 Å². The first-order valence-corrected chi connectivity index (χ1v) is 9.29. The zero-order chi connectivity index (χ0) is 24.9. The maximum Gasteiger partial charge on any atom is 0.435 e. The Balaban J connectivity index is 2.72. The van der Waals surface area contributed by atoms with Gasteiger partial charge in [-0.15, -0.1) is 0 Å². The molecule has 0 atom stereocenters. The van der Waals surface area contributed by atoms with Crippen molar-refractivity contribution in [3.05, 3.63) is 62.1 Å². The summed E-state index contributed by atoms with van der Waals surface area (Å²) in [5.41, 5.74) is -11.8. The van der Waals surface area contributed by atoms with E-state index in [1.807, 2.05) is 0 Å². The molecule has 0 saturated heterocycles. The summed E-state index contributed by atoms with van der Waals surface area (Å²) in [4.78, 5) is 12.4. The molecule has 0 aromatic heterocycles. The Bertz CT molecular complexity index is 1030. The molecule has 0 aliphatic carbocycles. The second-order valence-electron chi connectivity index (χ2n) is 6.42. The minimum absolute atomic E-state index is 0.135. The largest absolute Gasteiger partial charge is 0.435 e. The first kappa shape index (κ1) is 26.2. The number of alkyl halides is 10. The zero-order valence-corrected chi connectivity index (χ0v) is 17.7. The lowest BCUT2D eigenvalue weighted by Gasteiger charge is -2.31. The fourth-order valence-corrected chi connectivity index (χ4v) is 3.42. The van der Waals surface area contributed by atoms with Gasteiger partial charge in [-0.05, 0) is 46.6 Å². The smallest absolute Gasteiger partial charge is 0.320 e. The maximum absolute atomic E-state index is 14.3. The highest BCUT2D eigenvalue weighted by Gasteiger charge is 2.73. The highest BCUT2D eigenvalue weighted by atomic mass is 79.9. The second kappa shape index (κ2) is 8.40. The fraction of sp³-hybridized carbons (Fsp3) is 0.278. The lowest BCUT2D eigenvalue weighted by Crippen LogP contribution is -2.50. The van der Waals surface area contributed by atoms with Crippen LogP contribution in [0.3, 0.4) is 0 Å². The minimum Gasteiger partial charge on any atom is -0.320 e. The molecule has 1 amide bonds. The van der Waals surface area contributed by atoms with Gasteiger partial charge >= 0.3 is 24.2 Å². The van der Waals surface area contributed by atoms with Gasteiger partial charge in [0.2, 0.25) is 0 Å². The number of carbonyl (C=O) groups is 1. The number of nitrogens with one attached hydrogen (secondary N) is 1. The van der Waals surface area contributed by atoms with Crippen LogP contribution in [0.4, 0.5) is 49.6 Å². The average molecular weight is 561 g/mol. The molecule has 1 N–H and O–H groups in total. The molecule has 0 heterocycles. The number of amides is 1. The van der Waals surface area contributed by atoms with Crippen molar-refractivity contribution in [2.75, 3.05) is 5.32 Å². The van der Waals surface area contributed by atoms with E-state index in [0.717, 1.165) is 6.07 Å². The summed E-state index contributed by atoms with van der Waals surface area (Å²) in [5, 5.41) is 1.60. The molecule has 32 heavy (non-hydrogen) atoms. The van der Waals surface area contributed by atoms with Crippen LogP contribution in [-0.2, 0) is 11.8 Å². The molecule has 0 bridgehead atoms. The molecule has 14 heteroatoms. The van der Waals surface area contributed by atoms with Gasteiger partial charge in [0.05, 0.1) is 21.8 Å². The lowest BCUT2D eigenvalue weighted by atomic mass is 9.92. The van der Waals surface area contributed by atoms with Crippen molar-refractivity contribution in [2.45, 2.75) is 31.1 Å². The summed E-state index contributed by atoms with van der Waals surface area (Å²) in [5.74, 6) is -1.24. The summed E-state index contributed by atoms with van der Waals surface area (Å²) in [6.45, 7) is 1.47.